The number of benzene rings is 2. The molecule has 0 unspecified atom stereocenters. The van der Waals surface area contributed by atoms with Crippen LogP contribution in [0.4, 0.5) is 0 Å². The smallest absolute Gasteiger partial charge is 0.243 e. The Kier molecular flexibility index (Phi) is 4.37. The quantitative estimate of drug-likeness (QED) is 0.747. The molecule has 4 rings (SSSR count). The Morgan fingerprint density at radius 3 is 2.54 bits per heavy atom. The van der Waals surface area contributed by atoms with E-state index < -0.39 is 10.0 Å². The molecular weight excluding hydrogens is 344 g/mol. The van der Waals surface area contributed by atoms with E-state index in [-0.39, 0.29) is 0 Å². The van der Waals surface area contributed by atoms with Gasteiger partial charge < -0.3 is 4.98 Å². The fraction of sp³-hybridized carbons (Fsp3) is 0.333. The van der Waals surface area contributed by atoms with Gasteiger partial charge in [0, 0.05) is 30.2 Å². The van der Waals surface area contributed by atoms with E-state index in [2.05, 4.69) is 29.4 Å². The van der Waals surface area contributed by atoms with Crippen LogP contribution in [0.2, 0.25) is 0 Å². The third kappa shape index (κ3) is 2.95. The maximum absolute atomic E-state index is 13.1. The Morgan fingerprint density at radius 2 is 1.77 bits per heavy atom. The average molecular weight is 369 g/mol. The van der Waals surface area contributed by atoms with Gasteiger partial charge in [0.05, 0.1) is 4.90 Å². The second-order valence-electron chi connectivity index (χ2n) is 7.24. The molecule has 1 fully saturated rings. The van der Waals surface area contributed by atoms with Crippen molar-refractivity contribution in [1.29, 1.82) is 0 Å². The fourth-order valence-corrected chi connectivity index (χ4v) is 5.74. The van der Waals surface area contributed by atoms with E-state index in [1.54, 1.807) is 10.4 Å². The molecule has 0 spiro atoms. The summed E-state index contributed by atoms with van der Waals surface area (Å²) < 4.78 is 27.8. The number of H-pyrrole nitrogens is 1. The van der Waals surface area contributed by atoms with Crippen LogP contribution < -0.4 is 0 Å². The molecule has 1 saturated heterocycles. The van der Waals surface area contributed by atoms with Gasteiger partial charge in [0.25, 0.3) is 0 Å². The standard InChI is InChI=1S/C21H24N2O2S/c1-15-7-8-16(2)21(13-15)26(24,25)23-11-9-17(10-12-23)19-14-22-20-6-4-3-5-18(19)20/h3-8,13-14,17,22H,9-12H2,1-2H3. The molecule has 3 aromatic rings. The highest BCUT2D eigenvalue weighted by Gasteiger charge is 2.31. The van der Waals surface area contributed by atoms with Crippen molar-refractivity contribution in [2.45, 2.75) is 37.5 Å². The van der Waals surface area contributed by atoms with Gasteiger partial charge in [-0.1, -0.05) is 30.3 Å². The summed E-state index contributed by atoms with van der Waals surface area (Å²) >= 11 is 0. The van der Waals surface area contributed by atoms with Crippen LogP contribution in [0, 0.1) is 13.8 Å². The molecule has 0 radical (unpaired) electrons. The average Bonchev–Trinajstić information content (AvgIpc) is 3.08. The zero-order valence-electron chi connectivity index (χ0n) is 15.2. The van der Waals surface area contributed by atoms with Crippen molar-refractivity contribution in [1.82, 2.24) is 9.29 Å². The van der Waals surface area contributed by atoms with Gasteiger partial charge in [-0.15, -0.1) is 0 Å². The van der Waals surface area contributed by atoms with E-state index >= 15 is 0 Å². The first kappa shape index (κ1) is 17.3. The van der Waals surface area contributed by atoms with Crippen LogP contribution in [0.1, 0.15) is 35.4 Å². The van der Waals surface area contributed by atoms with Crippen molar-refractivity contribution < 1.29 is 8.42 Å². The molecule has 5 heteroatoms. The Bertz CT molecular complexity index is 1040. The number of nitrogens with one attached hydrogen (secondary N) is 1. The number of rotatable bonds is 3. The van der Waals surface area contributed by atoms with Crippen molar-refractivity contribution in [2.24, 2.45) is 0 Å². The summed E-state index contributed by atoms with van der Waals surface area (Å²) in [5, 5.41) is 1.25. The minimum absolute atomic E-state index is 0.399. The van der Waals surface area contributed by atoms with Crippen LogP contribution >= 0.6 is 0 Å². The van der Waals surface area contributed by atoms with Gasteiger partial charge in [-0.05, 0) is 61.4 Å². The first-order valence-electron chi connectivity index (χ1n) is 9.10. The van der Waals surface area contributed by atoms with Crippen LogP contribution in [-0.4, -0.2) is 30.8 Å². The maximum atomic E-state index is 13.1. The summed E-state index contributed by atoms with van der Waals surface area (Å²) in [7, 11) is -3.42. The van der Waals surface area contributed by atoms with Gasteiger partial charge >= 0.3 is 0 Å². The number of aromatic nitrogens is 1. The van der Waals surface area contributed by atoms with E-state index in [4.69, 9.17) is 0 Å². The molecule has 0 aliphatic carbocycles. The SMILES string of the molecule is Cc1ccc(C)c(S(=O)(=O)N2CCC(c3c[nH]c4ccccc34)CC2)c1. The van der Waals surface area contributed by atoms with Gasteiger partial charge in [-0.3, -0.25) is 0 Å². The van der Waals surface area contributed by atoms with E-state index in [1.807, 2.05) is 32.0 Å². The van der Waals surface area contributed by atoms with Gasteiger partial charge in [-0.2, -0.15) is 4.31 Å². The van der Waals surface area contributed by atoms with Gasteiger partial charge in [0.1, 0.15) is 0 Å². The van der Waals surface area contributed by atoms with Crippen LogP contribution in [-0.2, 0) is 10.0 Å². The lowest BCUT2D eigenvalue weighted by atomic mass is 9.90. The summed E-state index contributed by atoms with van der Waals surface area (Å²) in [6, 6.07) is 13.9. The molecule has 1 aliphatic heterocycles. The number of para-hydroxylation sites is 1. The third-order valence-corrected chi connectivity index (χ3v) is 7.52. The van der Waals surface area contributed by atoms with Gasteiger partial charge in [-0.25, -0.2) is 8.42 Å². The minimum atomic E-state index is -3.42. The van der Waals surface area contributed by atoms with Crippen LogP contribution in [0.15, 0.2) is 53.6 Å². The predicted octanol–water partition coefficient (Wildman–Crippen LogP) is 4.35. The molecule has 2 heterocycles. The Morgan fingerprint density at radius 1 is 1.04 bits per heavy atom. The summed E-state index contributed by atoms with van der Waals surface area (Å²) in [6.07, 6.45) is 3.79. The molecule has 1 aromatic heterocycles. The number of piperidine rings is 1. The second-order valence-corrected chi connectivity index (χ2v) is 9.14. The Hall–Kier alpha value is -2.11. The number of aryl methyl sites for hydroxylation is 2. The van der Waals surface area contributed by atoms with Crippen molar-refractivity contribution in [3.63, 3.8) is 0 Å². The molecule has 26 heavy (non-hydrogen) atoms. The molecule has 4 nitrogen and oxygen atoms in total. The molecule has 0 atom stereocenters. The molecule has 136 valence electrons. The van der Waals surface area contributed by atoms with Crippen molar-refractivity contribution in [3.8, 4) is 0 Å². The lowest BCUT2D eigenvalue weighted by Crippen LogP contribution is -2.38. The molecule has 0 amide bonds. The molecule has 2 aromatic carbocycles. The monoisotopic (exact) mass is 368 g/mol. The summed E-state index contributed by atoms with van der Waals surface area (Å²) in [6.45, 7) is 4.94. The highest BCUT2D eigenvalue weighted by molar-refractivity contribution is 7.89. The fourth-order valence-electron chi connectivity index (χ4n) is 3.96. The van der Waals surface area contributed by atoms with E-state index in [1.165, 1.54) is 10.9 Å². The third-order valence-electron chi connectivity index (χ3n) is 5.48. The first-order chi connectivity index (χ1) is 12.5. The van der Waals surface area contributed by atoms with Crippen molar-refractivity contribution in [2.75, 3.05) is 13.1 Å². The van der Waals surface area contributed by atoms with E-state index in [0.717, 1.165) is 29.5 Å². The number of hydrogen-bond donors (Lipinski definition) is 1. The first-order valence-corrected chi connectivity index (χ1v) is 10.5. The number of aromatic amines is 1. The van der Waals surface area contributed by atoms with Crippen molar-refractivity contribution >= 4 is 20.9 Å². The summed E-state index contributed by atoms with van der Waals surface area (Å²) in [5.41, 5.74) is 4.24. The normalized spacial score (nSPS) is 17.0. The lowest BCUT2D eigenvalue weighted by molar-refractivity contribution is 0.320. The molecule has 1 aliphatic rings. The highest BCUT2D eigenvalue weighted by atomic mass is 32.2. The van der Waals surface area contributed by atoms with E-state index in [9.17, 15) is 8.42 Å². The summed E-state index contributed by atoms with van der Waals surface area (Å²) in [5.74, 6) is 0.399. The minimum Gasteiger partial charge on any atom is -0.361 e. The lowest BCUT2D eigenvalue weighted by Gasteiger charge is -2.31. The van der Waals surface area contributed by atoms with Crippen LogP contribution in [0.3, 0.4) is 0 Å². The van der Waals surface area contributed by atoms with Crippen LogP contribution in [0.25, 0.3) is 10.9 Å². The zero-order valence-corrected chi connectivity index (χ0v) is 16.0. The molecular formula is C21H24N2O2S. The van der Waals surface area contributed by atoms with Crippen LogP contribution in [0.5, 0.6) is 0 Å². The number of hydrogen-bond acceptors (Lipinski definition) is 2. The second kappa shape index (κ2) is 6.56. The summed E-state index contributed by atoms with van der Waals surface area (Å²) in [4.78, 5) is 3.78. The van der Waals surface area contributed by atoms with Gasteiger partial charge in [0.15, 0.2) is 0 Å². The Labute approximate surface area is 154 Å². The maximum Gasteiger partial charge on any atom is 0.243 e. The van der Waals surface area contributed by atoms with Crippen molar-refractivity contribution in [3.05, 3.63) is 65.4 Å². The largest absolute Gasteiger partial charge is 0.361 e. The molecule has 0 bridgehead atoms. The van der Waals surface area contributed by atoms with E-state index in [0.29, 0.717) is 23.9 Å². The predicted molar refractivity (Wildman–Crippen MR) is 105 cm³/mol. The Balaban J connectivity index is 1.55. The number of nitrogens with zero attached hydrogens (tertiary/aromatic N) is 1. The number of fused-ring (bicyclic) bond motifs is 1. The zero-order chi connectivity index (χ0) is 18.3. The molecule has 0 saturated carbocycles. The topological polar surface area (TPSA) is 53.2 Å². The highest BCUT2D eigenvalue weighted by Crippen LogP contribution is 2.35. The molecule has 1 N–H and O–H groups in total. The number of sulfonamides is 1. The van der Waals surface area contributed by atoms with Gasteiger partial charge in [0.2, 0.25) is 10.0 Å².